The minimum atomic E-state index is -0.144. The minimum Gasteiger partial charge on any atom is -0.497 e. The number of nitrogens with zero attached hydrogens (tertiary/aromatic N) is 2. The summed E-state index contributed by atoms with van der Waals surface area (Å²) in [6, 6.07) is 13.8. The Labute approximate surface area is 167 Å². The fraction of sp³-hybridized carbons (Fsp3) is 0.391. The maximum atomic E-state index is 12.1. The summed E-state index contributed by atoms with van der Waals surface area (Å²) in [4.78, 5) is 14.4. The van der Waals surface area contributed by atoms with Gasteiger partial charge in [-0.15, -0.1) is 0 Å². The van der Waals surface area contributed by atoms with Crippen molar-refractivity contribution in [3.05, 3.63) is 59.2 Å². The molecule has 1 heterocycles. The van der Waals surface area contributed by atoms with Gasteiger partial charge in [0.1, 0.15) is 5.75 Å². The van der Waals surface area contributed by atoms with Gasteiger partial charge in [0.05, 0.1) is 19.7 Å². The second kappa shape index (κ2) is 8.05. The molecule has 5 nitrogen and oxygen atoms in total. The summed E-state index contributed by atoms with van der Waals surface area (Å²) < 4.78 is 5.13. The number of ether oxygens (including phenoxy) is 1. The molecule has 0 radical (unpaired) electrons. The van der Waals surface area contributed by atoms with E-state index in [1.807, 2.05) is 30.3 Å². The summed E-state index contributed by atoms with van der Waals surface area (Å²) in [7, 11) is 3.77. The smallest absolute Gasteiger partial charge is 0.244 e. The van der Waals surface area contributed by atoms with Gasteiger partial charge in [-0.1, -0.05) is 25.1 Å². The summed E-state index contributed by atoms with van der Waals surface area (Å²) in [5.41, 5.74) is 7.27. The molecule has 0 fully saturated rings. The molecule has 0 bridgehead atoms. The van der Waals surface area contributed by atoms with E-state index in [2.05, 4.69) is 55.4 Å². The Balaban J connectivity index is 1.63. The van der Waals surface area contributed by atoms with Crippen LogP contribution in [-0.4, -0.2) is 31.8 Å². The largest absolute Gasteiger partial charge is 0.497 e. The normalized spacial score (nSPS) is 18.0. The van der Waals surface area contributed by atoms with Crippen LogP contribution >= 0.6 is 0 Å². The molecule has 3 rings (SSSR count). The predicted molar refractivity (Wildman–Crippen MR) is 114 cm³/mol. The molecular formula is C23H29N3O2. The Morgan fingerprint density at radius 3 is 2.68 bits per heavy atom. The first kappa shape index (κ1) is 19.9. The Morgan fingerprint density at radius 1 is 1.29 bits per heavy atom. The SMILES string of the molecule is COc1ccc(CC(=O)N/N=C/c2ccc3c(c2)[C@@H](C)CC(C)(C)N3C)cc1. The van der Waals surface area contributed by atoms with Crippen LogP contribution in [0.1, 0.15) is 49.8 Å². The number of anilines is 1. The van der Waals surface area contributed by atoms with Crippen LogP contribution in [-0.2, 0) is 11.2 Å². The lowest BCUT2D eigenvalue weighted by atomic mass is 9.80. The Hall–Kier alpha value is -2.82. The van der Waals surface area contributed by atoms with E-state index in [1.165, 1.54) is 11.3 Å². The van der Waals surface area contributed by atoms with Crippen molar-refractivity contribution in [3.8, 4) is 5.75 Å². The topological polar surface area (TPSA) is 53.9 Å². The fourth-order valence-corrected chi connectivity index (χ4v) is 3.82. The number of amides is 1. The molecule has 2 aromatic rings. The van der Waals surface area contributed by atoms with Gasteiger partial charge >= 0.3 is 0 Å². The van der Waals surface area contributed by atoms with Crippen molar-refractivity contribution in [1.82, 2.24) is 5.43 Å². The molecule has 148 valence electrons. The van der Waals surface area contributed by atoms with E-state index < -0.39 is 0 Å². The number of rotatable bonds is 5. The second-order valence-electron chi connectivity index (χ2n) is 8.11. The molecule has 0 unspecified atom stereocenters. The highest BCUT2D eigenvalue weighted by Crippen LogP contribution is 2.42. The van der Waals surface area contributed by atoms with Gasteiger partial charge in [-0.3, -0.25) is 4.79 Å². The number of fused-ring (bicyclic) bond motifs is 1. The molecule has 1 amide bonds. The average Bonchev–Trinajstić information content (AvgIpc) is 2.66. The van der Waals surface area contributed by atoms with E-state index in [1.54, 1.807) is 13.3 Å². The van der Waals surface area contributed by atoms with Crippen molar-refractivity contribution < 1.29 is 9.53 Å². The summed E-state index contributed by atoms with van der Waals surface area (Å²) in [6.45, 7) is 6.82. The third kappa shape index (κ3) is 4.35. The zero-order valence-electron chi connectivity index (χ0n) is 17.3. The summed E-state index contributed by atoms with van der Waals surface area (Å²) in [6.07, 6.45) is 3.09. The third-order valence-corrected chi connectivity index (χ3v) is 5.58. The number of hydrogen-bond donors (Lipinski definition) is 1. The molecule has 0 spiro atoms. The van der Waals surface area contributed by atoms with Crippen LogP contribution in [0.3, 0.4) is 0 Å². The number of hydrogen-bond acceptors (Lipinski definition) is 4. The molecule has 28 heavy (non-hydrogen) atoms. The van der Waals surface area contributed by atoms with Crippen LogP contribution in [0.5, 0.6) is 5.75 Å². The molecule has 5 heteroatoms. The Bertz CT molecular complexity index is 872. The van der Waals surface area contributed by atoms with Crippen molar-refractivity contribution in [1.29, 1.82) is 0 Å². The predicted octanol–water partition coefficient (Wildman–Crippen LogP) is 4.11. The molecule has 1 aliphatic heterocycles. The van der Waals surface area contributed by atoms with Crippen molar-refractivity contribution in [3.63, 3.8) is 0 Å². The van der Waals surface area contributed by atoms with Crippen LogP contribution < -0.4 is 15.1 Å². The van der Waals surface area contributed by atoms with E-state index in [4.69, 9.17) is 4.74 Å². The average molecular weight is 380 g/mol. The minimum absolute atomic E-state index is 0.144. The number of hydrazone groups is 1. The molecule has 1 atom stereocenters. The lowest BCUT2D eigenvalue weighted by molar-refractivity contribution is -0.120. The van der Waals surface area contributed by atoms with Gasteiger partial charge in [0.2, 0.25) is 5.91 Å². The zero-order valence-corrected chi connectivity index (χ0v) is 17.3. The quantitative estimate of drug-likeness (QED) is 0.628. The monoisotopic (exact) mass is 379 g/mol. The summed E-state index contributed by atoms with van der Waals surface area (Å²) >= 11 is 0. The first-order valence-electron chi connectivity index (χ1n) is 9.63. The van der Waals surface area contributed by atoms with Crippen LogP contribution in [0.15, 0.2) is 47.6 Å². The Morgan fingerprint density at radius 2 is 2.00 bits per heavy atom. The van der Waals surface area contributed by atoms with Gasteiger partial charge < -0.3 is 9.64 Å². The molecular weight excluding hydrogens is 350 g/mol. The first-order chi connectivity index (χ1) is 13.3. The molecule has 1 aliphatic rings. The van der Waals surface area contributed by atoms with Gasteiger partial charge in [0.25, 0.3) is 0 Å². The van der Waals surface area contributed by atoms with Gasteiger partial charge in [0.15, 0.2) is 0 Å². The second-order valence-corrected chi connectivity index (χ2v) is 8.11. The van der Waals surface area contributed by atoms with Crippen LogP contribution in [0.25, 0.3) is 0 Å². The van der Waals surface area contributed by atoms with Crippen molar-refractivity contribution in [2.45, 2.75) is 45.1 Å². The number of methoxy groups -OCH3 is 1. The fourth-order valence-electron chi connectivity index (χ4n) is 3.82. The number of carbonyl (C=O) groups excluding carboxylic acids is 1. The highest BCUT2D eigenvalue weighted by Gasteiger charge is 2.33. The highest BCUT2D eigenvalue weighted by molar-refractivity contribution is 5.84. The van der Waals surface area contributed by atoms with Crippen LogP contribution in [0, 0.1) is 0 Å². The van der Waals surface area contributed by atoms with E-state index in [9.17, 15) is 4.79 Å². The van der Waals surface area contributed by atoms with E-state index >= 15 is 0 Å². The number of nitrogens with one attached hydrogen (secondary N) is 1. The Kier molecular flexibility index (Phi) is 5.73. The van der Waals surface area contributed by atoms with Gasteiger partial charge in [0, 0.05) is 18.3 Å². The highest BCUT2D eigenvalue weighted by atomic mass is 16.5. The molecule has 0 saturated carbocycles. The standard InChI is InChI=1S/C23H29N3O2/c1-16-14-23(2,3)26(4)21-11-8-18(12-20(16)21)15-24-25-22(27)13-17-6-9-19(28-5)10-7-17/h6-12,15-16H,13-14H2,1-5H3,(H,25,27)/b24-15+/t16-/m0/s1. The van der Waals surface area contributed by atoms with E-state index in [0.717, 1.165) is 23.3 Å². The molecule has 1 N–H and O–H groups in total. The van der Waals surface area contributed by atoms with Crippen LogP contribution in [0.4, 0.5) is 5.69 Å². The van der Waals surface area contributed by atoms with E-state index in [-0.39, 0.29) is 17.9 Å². The van der Waals surface area contributed by atoms with E-state index in [0.29, 0.717) is 5.92 Å². The maximum Gasteiger partial charge on any atom is 0.244 e. The van der Waals surface area contributed by atoms with Gasteiger partial charge in [-0.2, -0.15) is 5.10 Å². The molecule has 0 aromatic heterocycles. The molecule has 0 aliphatic carbocycles. The molecule has 2 aromatic carbocycles. The van der Waals surface area contributed by atoms with Crippen molar-refractivity contribution >= 4 is 17.8 Å². The summed E-state index contributed by atoms with van der Waals surface area (Å²) in [5, 5.41) is 4.13. The maximum absolute atomic E-state index is 12.1. The van der Waals surface area contributed by atoms with Crippen LogP contribution in [0.2, 0.25) is 0 Å². The lowest BCUT2D eigenvalue weighted by Crippen LogP contribution is -2.45. The zero-order chi connectivity index (χ0) is 20.3. The van der Waals surface area contributed by atoms with Crippen molar-refractivity contribution in [2.24, 2.45) is 5.10 Å². The van der Waals surface area contributed by atoms with Gasteiger partial charge in [-0.05, 0) is 67.1 Å². The van der Waals surface area contributed by atoms with Crippen molar-refractivity contribution in [2.75, 3.05) is 19.1 Å². The lowest BCUT2D eigenvalue weighted by Gasteiger charge is -2.45. The van der Waals surface area contributed by atoms with Gasteiger partial charge in [-0.25, -0.2) is 5.43 Å². The number of benzene rings is 2. The first-order valence-corrected chi connectivity index (χ1v) is 9.63. The summed E-state index contributed by atoms with van der Waals surface area (Å²) in [5.74, 6) is 1.12. The number of carbonyl (C=O) groups is 1. The third-order valence-electron chi connectivity index (χ3n) is 5.58. The molecule has 0 saturated heterocycles.